The third-order valence-corrected chi connectivity index (χ3v) is 9.22. The molecule has 7 nitrogen and oxygen atoms in total. The molecule has 2 fully saturated rings. The molecule has 0 radical (unpaired) electrons. The van der Waals surface area contributed by atoms with Crippen LogP contribution >= 0.6 is 0 Å². The molecule has 0 amide bonds. The number of para-hydroxylation sites is 1. The summed E-state index contributed by atoms with van der Waals surface area (Å²) in [7, 11) is 0. The summed E-state index contributed by atoms with van der Waals surface area (Å²) < 4.78 is 0. The SMILES string of the molecule is Cc1ccc(NC2CCC(N3CCC(c4ccc(-c5cc(-c6ccccc6O)nnc5N)cc4)CC3)CC2)cc1C=O. The summed E-state index contributed by atoms with van der Waals surface area (Å²) in [5.41, 5.74) is 13.5. The Morgan fingerprint density at radius 2 is 1.62 bits per heavy atom. The Balaban J connectivity index is 1.03. The summed E-state index contributed by atoms with van der Waals surface area (Å²) in [5.74, 6) is 1.11. The number of phenols is 1. The Hall–Kier alpha value is -4.23. The van der Waals surface area contributed by atoms with Crippen LogP contribution < -0.4 is 11.1 Å². The van der Waals surface area contributed by atoms with Crippen LogP contribution in [0.2, 0.25) is 0 Å². The molecule has 7 heteroatoms. The van der Waals surface area contributed by atoms with Crippen LogP contribution in [0.3, 0.4) is 0 Å². The van der Waals surface area contributed by atoms with Crippen LogP contribution in [0.1, 0.15) is 65.9 Å². The average Bonchev–Trinajstić information content (AvgIpc) is 3.03. The lowest BCUT2D eigenvalue weighted by molar-refractivity contribution is 0.112. The summed E-state index contributed by atoms with van der Waals surface area (Å²) in [6, 6.07) is 25.0. The third kappa shape index (κ3) is 6.02. The fraction of sp³-hybridized carbons (Fsp3) is 0.343. The average molecular weight is 562 g/mol. The van der Waals surface area contributed by atoms with Gasteiger partial charge in [-0.05, 0) is 111 Å². The van der Waals surface area contributed by atoms with Gasteiger partial charge in [0.1, 0.15) is 12.0 Å². The number of aldehydes is 1. The molecule has 2 heterocycles. The van der Waals surface area contributed by atoms with E-state index in [0.717, 1.165) is 60.2 Å². The van der Waals surface area contributed by atoms with Crippen LogP contribution in [0.4, 0.5) is 11.5 Å². The first-order valence-electron chi connectivity index (χ1n) is 15.1. The number of benzene rings is 3. The number of carbonyl (C=O) groups excluding carboxylic acids is 1. The van der Waals surface area contributed by atoms with E-state index in [-0.39, 0.29) is 5.75 Å². The van der Waals surface area contributed by atoms with Gasteiger partial charge in [0, 0.05) is 34.5 Å². The van der Waals surface area contributed by atoms with Crippen LogP contribution in [0.5, 0.6) is 5.75 Å². The highest BCUT2D eigenvalue weighted by atomic mass is 16.3. The number of aryl methyl sites for hydroxylation is 1. The Kier molecular flexibility index (Phi) is 8.20. The highest BCUT2D eigenvalue weighted by Crippen LogP contribution is 2.36. The van der Waals surface area contributed by atoms with Crippen LogP contribution in [0, 0.1) is 6.92 Å². The zero-order chi connectivity index (χ0) is 29.1. The lowest BCUT2D eigenvalue weighted by atomic mass is 9.85. The third-order valence-electron chi connectivity index (χ3n) is 9.22. The van der Waals surface area contributed by atoms with Crippen molar-refractivity contribution in [3.8, 4) is 28.1 Å². The quantitative estimate of drug-likeness (QED) is 0.213. The lowest BCUT2D eigenvalue weighted by Gasteiger charge is -2.41. The van der Waals surface area contributed by atoms with Crippen molar-refractivity contribution in [1.82, 2.24) is 15.1 Å². The van der Waals surface area contributed by atoms with Gasteiger partial charge < -0.3 is 21.1 Å². The number of aromatic nitrogens is 2. The maximum absolute atomic E-state index is 11.3. The Bertz CT molecular complexity index is 1540. The van der Waals surface area contributed by atoms with Gasteiger partial charge in [-0.15, -0.1) is 10.2 Å². The van der Waals surface area contributed by atoms with Crippen molar-refractivity contribution in [3.63, 3.8) is 0 Å². The molecule has 1 aliphatic carbocycles. The molecule has 0 unspecified atom stereocenters. The fourth-order valence-corrected chi connectivity index (χ4v) is 6.67. The molecule has 216 valence electrons. The van der Waals surface area contributed by atoms with Crippen molar-refractivity contribution in [1.29, 1.82) is 0 Å². The predicted molar refractivity (Wildman–Crippen MR) is 169 cm³/mol. The maximum atomic E-state index is 11.3. The molecular weight excluding hydrogens is 522 g/mol. The van der Waals surface area contributed by atoms with E-state index in [0.29, 0.717) is 35.1 Å². The number of nitrogens with one attached hydrogen (secondary N) is 1. The van der Waals surface area contributed by atoms with Gasteiger partial charge in [-0.2, -0.15) is 0 Å². The van der Waals surface area contributed by atoms with E-state index >= 15 is 0 Å². The zero-order valence-electron chi connectivity index (χ0n) is 24.2. The van der Waals surface area contributed by atoms with Crippen molar-refractivity contribution in [3.05, 3.63) is 89.5 Å². The summed E-state index contributed by atoms with van der Waals surface area (Å²) >= 11 is 0. The molecule has 3 aromatic carbocycles. The molecule has 42 heavy (non-hydrogen) atoms. The minimum absolute atomic E-state index is 0.172. The summed E-state index contributed by atoms with van der Waals surface area (Å²) in [6.07, 6.45) is 8.04. The molecule has 1 saturated carbocycles. The van der Waals surface area contributed by atoms with E-state index in [1.54, 1.807) is 12.1 Å². The van der Waals surface area contributed by atoms with Gasteiger partial charge >= 0.3 is 0 Å². The topological polar surface area (TPSA) is 104 Å². The van der Waals surface area contributed by atoms with Gasteiger partial charge in [0.25, 0.3) is 0 Å². The molecule has 0 spiro atoms. The van der Waals surface area contributed by atoms with Gasteiger partial charge in [0.05, 0.1) is 5.69 Å². The number of piperidine rings is 1. The summed E-state index contributed by atoms with van der Waals surface area (Å²) in [6.45, 7) is 4.25. The van der Waals surface area contributed by atoms with E-state index in [4.69, 9.17) is 5.73 Å². The summed E-state index contributed by atoms with van der Waals surface area (Å²) in [4.78, 5) is 14.0. The Morgan fingerprint density at radius 1 is 0.881 bits per heavy atom. The molecule has 0 atom stereocenters. The number of rotatable bonds is 7. The second-order valence-corrected chi connectivity index (χ2v) is 11.8. The molecule has 1 aliphatic heterocycles. The van der Waals surface area contributed by atoms with Crippen molar-refractivity contribution in [2.24, 2.45) is 0 Å². The normalized spacial score (nSPS) is 19.8. The molecule has 4 aromatic rings. The van der Waals surface area contributed by atoms with Crippen molar-refractivity contribution < 1.29 is 9.90 Å². The smallest absolute Gasteiger partial charge is 0.154 e. The predicted octanol–water partition coefficient (Wildman–Crippen LogP) is 6.82. The second kappa shape index (κ2) is 12.3. The number of carbonyl (C=O) groups is 1. The first kappa shape index (κ1) is 27.9. The number of nitrogens with zero attached hydrogens (tertiary/aromatic N) is 3. The molecule has 0 bridgehead atoms. The maximum Gasteiger partial charge on any atom is 0.154 e. The number of hydrogen-bond donors (Lipinski definition) is 3. The highest BCUT2D eigenvalue weighted by Gasteiger charge is 2.29. The van der Waals surface area contributed by atoms with E-state index in [2.05, 4.69) is 50.7 Å². The number of aromatic hydroxyl groups is 1. The van der Waals surface area contributed by atoms with Crippen LogP contribution in [-0.2, 0) is 0 Å². The number of anilines is 2. The number of phenolic OH excluding ortho intramolecular Hbond substituents is 1. The van der Waals surface area contributed by atoms with Gasteiger partial charge in [0.2, 0.25) is 0 Å². The number of nitrogens with two attached hydrogens (primary N) is 1. The standard InChI is InChI=1S/C35H39N5O2/c1-23-6-11-29(20-27(23)22-41)37-28-12-14-30(15-13-28)40-18-16-25(17-19-40)24-7-9-26(10-8-24)32-21-33(38-39-35(32)36)31-4-2-3-5-34(31)42/h2-11,20-22,25,28,30,37,42H,12-19H2,1H3,(H2,36,39). The Morgan fingerprint density at radius 3 is 2.33 bits per heavy atom. The number of nitrogen functional groups attached to an aromatic ring is 1. The van der Waals surface area contributed by atoms with Crippen molar-refractivity contribution in [2.75, 3.05) is 24.1 Å². The first-order chi connectivity index (χ1) is 20.5. The van der Waals surface area contributed by atoms with E-state index < -0.39 is 0 Å². The number of hydrogen-bond acceptors (Lipinski definition) is 7. The Labute approximate surface area is 247 Å². The highest BCUT2D eigenvalue weighted by molar-refractivity contribution is 5.80. The lowest BCUT2D eigenvalue weighted by Crippen LogP contribution is -2.44. The van der Waals surface area contributed by atoms with Gasteiger partial charge in [-0.3, -0.25) is 4.79 Å². The molecule has 1 saturated heterocycles. The van der Waals surface area contributed by atoms with E-state index in [9.17, 15) is 9.90 Å². The van der Waals surface area contributed by atoms with Crippen LogP contribution in [-0.4, -0.2) is 51.7 Å². The monoisotopic (exact) mass is 561 g/mol. The first-order valence-corrected chi connectivity index (χ1v) is 15.1. The van der Waals surface area contributed by atoms with Crippen molar-refractivity contribution >= 4 is 17.8 Å². The molecular formula is C35H39N5O2. The second-order valence-electron chi connectivity index (χ2n) is 11.8. The van der Waals surface area contributed by atoms with Gasteiger partial charge in [0.15, 0.2) is 5.82 Å². The van der Waals surface area contributed by atoms with E-state index in [1.165, 1.54) is 31.2 Å². The zero-order valence-corrected chi connectivity index (χ0v) is 24.2. The van der Waals surface area contributed by atoms with E-state index in [1.807, 2.05) is 37.3 Å². The molecule has 4 N–H and O–H groups in total. The van der Waals surface area contributed by atoms with Crippen molar-refractivity contribution in [2.45, 2.75) is 63.5 Å². The van der Waals surface area contributed by atoms with Gasteiger partial charge in [-0.25, -0.2) is 0 Å². The minimum Gasteiger partial charge on any atom is -0.507 e. The minimum atomic E-state index is 0.172. The number of likely N-dealkylation sites (tertiary alicyclic amines) is 1. The largest absolute Gasteiger partial charge is 0.507 e. The molecule has 1 aromatic heterocycles. The fourth-order valence-electron chi connectivity index (χ4n) is 6.67. The van der Waals surface area contributed by atoms with Crippen LogP contribution in [0.15, 0.2) is 72.8 Å². The van der Waals surface area contributed by atoms with Crippen LogP contribution in [0.25, 0.3) is 22.4 Å². The summed E-state index contributed by atoms with van der Waals surface area (Å²) in [5, 5.41) is 22.3. The molecule has 6 rings (SSSR count). The molecule has 2 aliphatic rings. The van der Waals surface area contributed by atoms with Gasteiger partial charge in [-0.1, -0.05) is 42.5 Å².